The third kappa shape index (κ3) is 3.01. The van der Waals surface area contributed by atoms with E-state index in [4.69, 9.17) is 10.5 Å². The van der Waals surface area contributed by atoms with Crippen LogP contribution in [0.15, 0.2) is 36.4 Å². The Morgan fingerprint density at radius 2 is 2.11 bits per heavy atom. The van der Waals surface area contributed by atoms with Crippen molar-refractivity contribution in [3.63, 3.8) is 0 Å². The van der Waals surface area contributed by atoms with Gasteiger partial charge in [-0.3, -0.25) is 4.79 Å². The van der Waals surface area contributed by atoms with Crippen molar-refractivity contribution >= 4 is 17.4 Å². The second-order valence-electron chi connectivity index (χ2n) is 4.08. The molecule has 1 aromatic carbocycles. The maximum absolute atomic E-state index is 12.0. The lowest BCUT2D eigenvalue weighted by Crippen LogP contribution is -2.15. The number of nitrogens with one attached hydrogen (secondary N) is 1. The molecule has 3 N–H and O–H groups in total. The van der Waals surface area contributed by atoms with Gasteiger partial charge in [-0.25, -0.2) is 4.98 Å². The average molecular weight is 257 g/mol. The van der Waals surface area contributed by atoms with Crippen molar-refractivity contribution in [1.29, 1.82) is 0 Å². The zero-order valence-electron chi connectivity index (χ0n) is 10.8. The van der Waals surface area contributed by atoms with Crippen LogP contribution in [0.4, 0.5) is 11.5 Å². The minimum Gasteiger partial charge on any atom is -0.497 e. The van der Waals surface area contributed by atoms with Gasteiger partial charge in [-0.1, -0.05) is 6.07 Å². The van der Waals surface area contributed by atoms with Gasteiger partial charge in [0.1, 0.15) is 17.3 Å². The SMILES string of the molecule is COc1ccc(NC(=O)c2cccc(N)n2)c(C)c1. The van der Waals surface area contributed by atoms with E-state index in [1.165, 1.54) is 0 Å². The molecule has 0 aliphatic rings. The minimum absolute atomic E-state index is 0.287. The molecule has 5 heteroatoms. The van der Waals surface area contributed by atoms with E-state index in [1.807, 2.05) is 13.0 Å². The van der Waals surface area contributed by atoms with E-state index in [0.717, 1.165) is 17.0 Å². The molecule has 0 radical (unpaired) electrons. The fraction of sp³-hybridized carbons (Fsp3) is 0.143. The van der Waals surface area contributed by atoms with Gasteiger partial charge in [0.2, 0.25) is 0 Å². The van der Waals surface area contributed by atoms with Crippen LogP contribution >= 0.6 is 0 Å². The van der Waals surface area contributed by atoms with Gasteiger partial charge in [0.05, 0.1) is 7.11 Å². The van der Waals surface area contributed by atoms with E-state index in [1.54, 1.807) is 37.4 Å². The molecule has 0 atom stereocenters. The van der Waals surface area contributed by atoms with Crippen LogP contribution in [0.25, 0.3) is 0 Å². The Labute approximate surface area is 111 Å². The highest BCUT2D eigenvalue weighted by molar-refractivity contribution is 6.03. The monoisotopic (exact) mass is 257 g/mol. The van der Waals surface area contributed by atoms with Gasteiger partial charge >= 0.3 is 0 Å². The summed E-state index contributed by atoms with van der Waals surface area (Å²) in [5, 5.41) is 2.79. The molecule has 0 fully saturated rings. The third-order valence-corrected chi connectivity index (χ3v) is 2.69. The average Bonchev–Trinajstić information content (AvgIpc) is 2.41. The van der Waals surface area contributed by atoms with Crippen LogP contribution in [0.3, 0.4) is 0 Å². The van der Waals surface area contributed by atoms with E-state index in [0.29, 0.717) is 5.82 Å². The van der Waals surface area contributed by atoms with Crippen molar-refractivity contribution in [1.82, 2.24) is 4.98 Å². The minimum atomic E-state index is -0.291. The quantitative estimate of drug-likeness (QED) is 0.884. The summed E-state index contributed by atoms with van der Waals surface area (Å²) in [5.74, 6) is 0.775. The Morgan fingerprint density at radius 1 is 1.32 bits per heavy atom. The number of nitrogens with zero attached hydrogens (tertiary/aromatic N) is 1. The molecule has 0 aliphatic heterocycles. The predicted octanol–water partition coefficient (Wildman–Crippen LogP) is 2.23. The summed E-state index contributed by atoms with van der Waals surface area (Å²) < 4.78 is 5.11. The molecule has 0 spiro atoms. The summed E-state index contributed by atoms with van der Waals surface area (Å²) in [5.41, 5.74) is 7.47. The van der Waals surface area contributed by atoms with Gasteiger partial charge in [0.25, 0.3) is 5.91 Å². The molecule has 0 unspecified atom stereocenters. The maximum atomic E-state index is 12.0. The van der Waals surface area contributed by atoms with E-state index in [9.17, 15) is 4.79 Å². The van der Waals surface area contributed by atoms with Gasteiger partial charge < -0.3 is 15.8 Å². The van der Waals surface area contributed by atoms with Crippen molar-refractivity contribution in [2.45, 2.75) is 6.92 Å². The molecular weight excluding hydrogens is 242 g/mol. The topological polar surface area (TPSA) is 77.2 Å². The van der Waals surface area contributed by atoms with Crippen LogP contribution in [0.2, 0.25) is 0 Å². The largest absolute Gasteiger partial charge is 0.497 e. The van der Waals surface area contributed by atoms with Crippen LogP contribution < -0.4 is 15.8 Å². The molecule has 0 aliphatic carbocycles. The predicted molar refractivity (Wildman–Crippen MR) is 74.3 cm³/mol. The lowest BCUT2D eigenvalue weighted by Gasteiger charge is -2.09. The number of hydrogen-bond acceptors (Lipinski definition) is 4. The summed E-state index contributed by atoms with van der Waals surface area (Å²) in [6.45, 7) is 1.89. The number of benzene rings is 1. The highest BCUT2D eigenvalue weighted by atomic mass is 16.5. The molecule has 1 heterocycles. The highest BCUT2D eigenvalue weighted by Gasteiger charge is 2.09. The van der Waals surface area contributed by atoms with Crippen molar-refractivity contribution < 1.29 is 9.53 Å². The van der Waals surface area contributed by atoms with Crippen LogP contribution in [0.1, 0.15) is 16.1 Å². The number of nitrogen functional groups attached to an aromatic ring is 1. The van der Waals surface area contributed by atoms with Crippen molar-refractivity contribution in [2.75, 3.05) is 18.2 Å². The normalized spacial score (nSPS) is 10.0. The van der Waals surface area contributed by atoms with Crippen molar-refractivity contribution in [3.05, 3.63) is 47.7 Å². The first kappa shape index (κ1) is 12.9. The standard InChI is InChI=1S/C14H15N3O2/c1-9-8-10(19-2)6-7-11(9)17-14(18)12-4-3-5-13(15)16-12/h3-8H,1-2H3,(H2,15,16)(H,17,18). The van der Waals surface area contributed by atoms with Crippen molar-refractivity contribution in [3.8, 4) is 5.75 Å². The summed E-state index contributed by atoms with van der Waals surface area (Å²) >= 11 is 0. The van der Waals surface area contributed by atoms with Gasteiger partial charge in [-0.05, 0) is 42.8 Å². The lowest BCUT2D eigenvalue weighted by molar-refractivity contribution is 0.102. The second-order valence-corrected chi connectivity index (χ2v) is 4.08. The number of methoxy groups -OCH3 is 1. The van der Waals surface area contributed by atoms with E-state index < -0.39 is 0 Å². The first-order valence-electron chi connectivity index (χ1n) is 5.78. The smallest absolute Gasteiger partial charge is 0.274 e. The highest BCUT2D eigenvalue weighted by Crippen LogP contribution is 2.21. The number of rotatable bonds is 3. The second kappa shape index (κ2) is 5.39. The fourth-order valence-electron chi connectivity index (χ4n) is 1.67. The van der Waals surface area contributed by atoms with Crippen LogP contribution in [0.5, 0.6) is 5.75 Å². The molecule has 0 saturated carbocycles. The number of aromatic nitrogens is 1. The Morgan fingerprint density at radius 3 is 2.74 bits per heavy atom. The Kier molecular flexibility index (Phi) is 3.66. The zero-order valence-corrected chi connectivity index (χ0v) is 10.8. The molecule has 19 heavy (non-hydrogen) atoms. The number of aryl methyl sites for hydroxylation is 1. The number of hydrogen-bond donors (Lipinski definition) is 2. The van der Waals surface area contributed by atoms with Gasteiger partial charge in [0.15, 0.2) is 0 Å². The fourth-order valence-corrected chi connectivity index (χ4v) is 1.67. The molecule has 1 amide bonds. The van der Waals surface area contributed by atoms with Crippen molar-refractivity contribution in [2.24, 2.45) is 0 Å². The van der Waals surface area contributed by atoms with Gasteiger partial charge in [0, 0.05) is 5.69 Å². The van der Waals surface area contributed by atoms with Crippen LogP contribution in [0, 0.1) is 6.92 Å². The molecule has 2 rings (SSSR count). The third-order valence-electron chi connectivity index (χ3n) is 2.69. The molecule has 2 aromatic rings. The molecule has 1 aromatic heterocycles. The van der Waals surface area contributed by atoms with E-state index in [2.05, 4.69) is 10.3 Å². The number of pyridine rings is 1. The zero-order chi connectivity index (χ0) is 13.8. The Balaban J connectivity index is 2.19. The van der Waals surface area contributed by atoms with E-state index in [-0.39, 0.29) is 11.6 Å². The molecule has 0 saturated heterocycles. The molecule has 5 nitrogen and oxygen atoms in total. The summed E-state index contributed by atoms with van der Waals surface area (Å²) in [6.07, 6.45) is 0. The number of nitrogens with two attached hydrogens (primary N) is 1. The summed E-state index contributed by atoms with van der Waals surface area (Å²) in [4.78, 5) is 16.0. The summed E-state index contributed by atoms with van der Waals surface area (Å²) in [6, 6.07) is 10.4. The number of anilines is 2. The first-order chi connectivity index (χ1) is 9.10. The van der Waals surface area contributed by atoms with Crippen LogP contribution in [-0.2, 0) is 0 Å². The molecular formula is C14H15N3O2. The Bertz CT molecular complexity index is 611. The van der Waals surface area contributed by atoms with Crippen LogP contribution in [-0.4, -0.2) is 18.0 Å². The van der Waals surface area contributed by atoms with Gasteiger partial charge in [-0.15, -0.1) is 0 Å². The van der Waals surface area contributed by atoms with E-state index >= 15 is 0 Å². The maximum Gasteiger partial charge on any atom is 0.274 e. The number of carbonyl (C=O) groups excluding carboxylic acids is 1. The first-order valence-corrected chi connectivity index (χ1v) is 5.78. The molecule has 0 bridgehead atoms. The van der Waals surface area contributed by atoms with Gasteiger partial charge in [-0.2, -0.15) is 0 Å². The summed E-state index contributed by atoms with van der Waals surface area (Å²) in [7, 11) is 1.60. The lowest BCUT2D eigenvalue weighted by atomic mass is 10.2. The Hall–Kier alpha value is -2.56. The number of carbonyl (C=O) groups is 1. The number of amides is 1. The number of ether oxygens (including phenoxy) is 1. The molecule has 98 valence electrons.